The van der Waals surface area contributed by atoms with E-state index in [1.54, 1.807) is 0 Å². The fourth-order valence-electron chi connectivity index (χ4n) is 7.13. The highest BCUT2D eigenvalue weighted by atomic mass is 32.2. The first-order valence-electron chi connectivity index (χ1n) is 15.0. The summed E-state index contributed by atoms with van der Waals surface area (Å²) in [5.74, 6) is 0.914. The van der Waals surface area contributed by atoms with Gasteiger partial charge in [-0.2, -0.15) is 0 Å². The molecule has 214 valence electrons. The zero-order valence-corrected chi connectivity index (χ0v) is 26.0. The van der Waals surface area contributed by atoms with Crippen LogP contribution >= 0.6 is 19.0 Å². The van der Waals surface area contributed by atoms with Crippen LogP contribution in [0, 0.1) is 0 Å². The fourth-order valence-corrected chi connectivity index (χ4v) is 15.2. The molecule has 2 fully saturated rings. The van der Waals surface area contributed by atoms with Crippen molar-refractivity contribution in [3.63, 3.8) is 0 Å². The van der Waals surface area contributed by atoms with Gasteiger partial charge in [0.05, 0.1) is 12.1 Å². The third kappa shape index (κ3) is 4.87. The first-order chi connectivity index (χ1) is 21.2. The summed E-state index contributed by atoms with van der Waals surface area (Å²) in [6.07, 6.45) is 0. The van der Waals surface area contributed by atoms with E-state index in [2.05, 4.69) is 168 Å². The molecular formula is C38H36N2OPS+. The van der Waals surface area contributed by atoms with E-state index >= 15 is 0 Å². The third-order valence-electron chi connectivity index (χ3n) is 9.07. The molecule has 0 saturated carbocycles. The molecule has 0 aromatic heterocycles. The van der Waals surface area contributed by atoms with Gasteiger partial charge in [-0.05, 0) is 54.4 Å². The smallest absolute Gasteiger partial charge is 0.312 e. The highest BCUT2D eigenvalue weighted by Crippen LogP contribution is 2.68. The lowest BCUT2D eigenvalue weighted by Crippen LogP contribution is -2.48. The number of thioether (sulfide) groups is 1. The number of nitrogens with zero attached hydrogens (tertiary/aromatic N) is 2. The van der Waals surface area contributed by atoms with E-state index in [1.165, 1.54) is 27.0 Å². The average Bonchev–Trinajstić information content (AvgIpc) is 3.61. The Morgan fingerprint density at radius 3 is 1.60 bits per heavy atom. The van der Waals surface area contributed by atoms with E-state index in [0.29, 0.717) is 6.54 Å². The molecule has 1 unspecified atom stereocenters. The predicted octanol–water partition coefficient (Wildman–Crippen LogP) is 7.49. The summed E-state index contributed by atoms with van der Waals surface area (Å²) in [6, 6.07) is 54.7. The molecule has 5 aromatic carbocycles. The lowest BCUT2D eigenvalue weighted by Gasteiger charge is -2.37. The van der Waals surface area contributed by atoms with Gasteiger partial charge < -0.3 is 9.80 Å². The molecule has 5 aromatic rings. The Morgan fingerprint density at radius 1 is 0.674 bits per heavy atom. The monoisotopic (exact) mass is 599 g/mol. The summed E-state index contributed by atoms with van der Waals surface area (Å²) in [7, 11) is -2.23. The van der Waals surface area contributed by atoms with Crippen LogP contribution in [0.2, 0.25) is 0 Å². The molecule has 2 aliphatic rings. The van der Waals surface area contributed by atoms with E-state index in [0.717, 1.165) is 5.75 Å². The van der Waals surface area contributed by atoms with Crippen molar-refractivity contribution in [2.45, 2.75) is 36.6 Å². The number of carbonyl (C=O) groups is 1. The van der Waals surface area contributed by atoms with Gasteiger partial charge in [0, 0.05) is 12.3 Å². The molecule has 2 saturated heterocycles. The molecule has 5 heteroatoms. The summed E-state index contributed by atoms with van der Waals surface area (Å²) >= 11 is 2.07. The lowest BCUT2D eigenvalue weighted by atomic mass is 10.0. The molecule has 0 spiro atoms. The molecule has 0 aliphatic carbocycles. The van der Waals surface area contributed by atoms with Crippen LogP contribution in [-0.2, 0) is 6.54 Å². The maximum atomic E-state index is 14.7. The van der Waals surface area contributed by atoms with Gasteiger partial charge >= 0.3 is 6.03 Å². The highest BCUT2D eigenvalue weighted by Gasteiger charge is 2.66. The van der Waals surface area contributed by atoms with Crippen LogP contribution in [0.1, 0.15) is 24.1 Å². The van der Waals surface area contributed by atoms with Crippen LogP contribution in [0.25, 0.3) is 0 Å². The number of fused-ring (bicyclic) bond motifs is 1. The second-order valence-electron chi connectivity index (χ2n) is 11.4. The van der Waals surface area contributed by atoms with Crippen LogP contribution in [0.5, 0.6) is 0 Å². The van der Waals surface area contributed by atoms with Crippen LogP contribution in [0.15, 0.2) is 152 Å². The second kappa shape index (κ2) is 12.0. The van der Waals surface area contributed by atoms with Crippen LogP contribution < -0.4 is 15.9 Å². The SMILES string of the molecule is C[C@H](c1ccccc1)N1C(=O)N(Cc2ccccc2)[C@@H]2C([P+](c3ccccc3)(c3ccccc3)c3ccccc3)SC[C@@H]21. The van der Waals surface area contributed by atoms with Crippen LogP contribution in [0.3, 0.4) is 0 Å². The van der Waals surface area contributed by atoms with Gasteiger partial charge in [-0.3, -0.25) is 0 Å². The Morgan fingerprint density at radius 2 is 1.12 bits per heavy atom. The molecule has 43 heavy (non-hydrogen) atoms. The van der Waals surface area contributed by atoms with E-state index < -0.39 is 7.26 Å². The van der Waals surface area contributed by atoms with Crippen LogP contribution in [-0.4, -0.2) is 38.7 Å². The zero-order valence-electron chi connectivity index (χ0n) is 24.3. The number of urea groups is 1. The normalized spacial score (nSPS) is 20.7. The summed E-state index contributed by atoms with van der Waals surface area (Å²) in [6.45, 7) is 2.80. The minimum atomic E-state index is -2.23. The predicted molar refractivity (Wildman–Crippen MR) is 183 cm³/mol. The molecule has 2 amide bonds. The quantitative estimate of drug-likeness (QED) is 0.136. The number of amides is 2. The zero-order chi connectivity index (χ0) is 29.2. The summed E-state index contributed by atoms with van der Waals surface area (Å²) in [5, 5.41) is 4.10. The van der Waals surface area contributed by atoms with Gasteiger partial charge in [0.25, 0.3) is 0 Å². The number of hydrogen-bond acceptors (Lipinski definition) is 2. The topological polar surface area (TPSA) is 23.6 Å². The maximum absolute atomic E-state index is 14.7. The van der Waals surface area contributed by atoms with Crippen molar-refractivity contribution in [2.24, 2.45) is 0 Å². The molecule has 2 aliphatic heterocycles. The Bertz CT molecular complexity index is 1560. The largest absolute Gasteiger partial charge is 0.321 e. The summed E-state index contributed by atoms with van der Waals surface area (Å²) in [5.41, 5.74) is 2.35. The Kier molecular flexibility index (Phi) is 7.82. The molecular weight excluding hydrogens is 563 g/mol. The molecule has 0 N–H and O–H groups in total. The standard InChI is InChI=1S/C38H36N2OPS/c1-29(31-19-9-3-10-20-31)40-35-28-43-37(36(35)39(38(40)41)27-30-17-7-2-8-18-30)42(32-21-11-4-12-22-32,33-23-13-5-14-24-33)34-25-15-6-16-26-34/h2-26,29,35-37H,27-28H2,1H3/q+1/t29-,35+,36+,37?/m1/s1. The van der Waals surface area contributed by atoms with Crippen molar-refractivity contribution >= 4 is 41.0 Å². The van der Waals surface area contributed by atoms with Crippen molar-refractivity contribution in [1.82, 2.24) is 9.80 Å². The van der Waals surface area contributed by atoms with Gasteiger partial charge in [-0.15, -0.1) is 11.8 Å². The molecule has 0 radical (unpaired) electrons. The molecule has 0 bridgehead atoms. The van der Waals surface area contributed by atoms with Crippen molar-refractivity contribution in [1.29, 1.82) is 0 Å². The van der Waals surface area contributed by atoms with Crippen molar-refractivity contribution < 1.29 is 4.79 Å². The molecule has 7 rings (SSSR count). The van der Waals surface area contributed by atoms with Gasteiger partial charge in [-0.25, -0.2) is 4.79 Å². The summed E-state index contributed by atoms with van der Waals surface area (Å²) in [4.78, 5) is 19.3. The van der Waals surface area contributed by atoms with Crippen molar-refractivity contribution in [3.05, 3.63) is 163 Å². The first-order valence-corrected chi connectivity index (χ1v) is 18.0. The lowest BCUT2D eigenvalue weighted by molar-refractivity contribution is 0.170. The number of hydrogen-bond donors (Lipinski definition) is 0. The van der Waals surface area contributed by atoms with E-state index in [-0.39, 0.29) is 29.1 Å². The van der Waals surface area contributed by atoms with Crippen molar-refractivity contribution in [2.75, 3.05) is 5.75 Å². The van der Waals surface area contributed by atoms with E-state index in [4.69, 9.17) is 0 Å². The van der Waals surface area contributed by atoms with E-state index in [1.807, 2.05) is 12.1 Å². The maximum Gasteiger partial charge on any atom is 0.321 e. The fraction of sp³-hybridized carbons (Fsp3) is 0.184. The number of benzene rings is 5. The van der Waals surface area contributed by atoms with Gasteiger partial charge in [0.15, 0.2) is 4.99 Å². The molecule has 4 atom stereocenters. The third-order valence-corrected chi connectivity index (χ3v) is 16.0. The van der Waals surface area contributed by atoms with Gasteiger partial charge in [-0.1, -0.05) is 115 Å². The average molecular weight is 600 g/mol. The van der Waals surface area contributed by atoms with Gasteiger partial charge in [0.1, 0.15) is 29.2 Å². The molecule has 2 heterocycles. The van der Waals surface area contributed by atoms with Gasteiger partial charge in [0.2, 0.25) is 0 Å². The Balaban J connectivity index is 1.43. The number of rotatable bonds is 8. The highest BCUT2D eigenvalue weighted by molar-refractivity contribution is 8.14. The van der Waals surface area contributed by atoms with E-state index in [9.17, 15) is 4.79 Å². The molecule has 3 nitrogen and oxygen atoms in total. The number of carbonyl (C=O) groups excluding carboxylic acids is 1. The summed E-state index contributed by atoms with van der Waals surface area (Å²) < 4.78 is 0. The van der Waals surface area contributed by atoms with Crippen LogP contribution in [0.4, 0.5) is 4.79 Å². The minimum Gasteiger partial charge on any atom is -0.312 e. The Labute approximate surface area is 259 Å². The second-order valence-corrected chi connectivity index (χ2v) is 16.5. The first kappa shape index (κ1) is 28.0. The minimum absolute atomic E-state index is 0.0146. The Hall–Kier alpha value is -3.85. The van der Waals surface area contributed by atoms with Crippen molar-refractivity contribution in [3.8, 4) is 0 Å².